The van der Waals surface area contributed by atoms with Crippen molar-refractivity contribution in [1.82, 2.24) is 10.2 Å². The van der Waals surface area contributed by atoms with Crippen molar-refractivity contribution in [2.45, 2.75) is 16.1 Å². The van der Waals surface area contributed by atoms with E-state index >= 15 is 0 Å². The number of aliphatic hydroxyl groups excluding tert-OH is 1. The van der Waals surface area contributed by atoms with Gasteiger partial charge in [-0.15, -0.1) is 10.2 Å². The maximum absolute atomic E-state index is 14.6. The number of rotatable bonds is 9. The van der Waals surface area contributed by atoms with E-state index in [1.807, 2.05) is 48.5 Å². The number of aromatic nitrogens is 2. The molecule has 220 valence electrons. The monoisotopic (exact) mass is 625 g/mol. The molecule has 5 aromatic rings. The Hall–Kier alpha value is -5.00. The van der Waals surface area contributed by atoms with Gasteiger partial charge in [0.1, 0.15) is 17.3 Å². The first kappa shape index (κ1) is 29.1. The summed E-state index contributed by atoms with van der Waals surface area (Å²) in [6.45, 7) is 0. The Morgan fingerprint density at radius 2 is 1.66 bits per heavy atom. The molecule has 11 heteroatoms. The molecule has 1 amide bonds. The van der Waals surface area contributed by atoms with Crippen molar-refractivity contribution in [3.63, 3.8) is 0 Å². The highest BCUT2D eigenvalue weighted by Crippen LogP contribution is 2.45. The Labute approximate surface area is 260 Å². The normalized spacial score (nSPS) is 15.9. The van der Waals surface area contributed by atoms with Crippen LogP contribution in [0.5, 0.6) is 17.2 Å². The Kier molecular flexibility index (Phi) is 8.40. The van der Waals surface area contributed by atoms with Gasteiger partial charge in [-0.25, -0.2) is 4.39 Å². The molecule has 0 bridgehead atoms. The molecule has 1 saturated heterocycles. The molecule has 1 aliphatic rings. The molecule has 1 N–H and O–H groups in total. The van der Waals surface area contributed by atoms with Crippen LogP contribution in [0.25, 0.3) is 5.76 Å². The summed E-state index contributed by atoms with van der Waals surface area (Å²) < 4.78 is 26.2. The first-order valence-corrected chi connectivity index (χ1v) is 15.2. The van der Waals surface area contributed by atoms with Crippen molar-refractivity contribution in [2.75, 3.05) is 12.0 Å². The minimum atomic E-state index is -1.10. The van der Waals surface area contributed by atoms with Gasteiger partial charge in [0, 0.05) is 11.3 Å². The molecule has 0 saturated carbocycles. The number of anilines is 1. The van der Waals surface area contributed by atoms with Crippen molar-refractivity contribution >= 4 is 45.7 Å². The quantitative estimate of drug-likeness (QED) is 0.0595. The third-order valence-electron chi connectivity index (χ3n) is 6.83. The van der Waals surface area contributed by atoms with Crippen LogP contribution in [0.2, 0.25) is 0 Å². The van der Waals surface area contributed by atoms with Gasteiger partial charge in [-0.05, 0) is 53.6 Å². The van der Waals surface area contributed by atoms with E-state index in [1.165, 1.54) is 35.9 Å². The highest BCUT2D eigenvalue weighted by Gasteiger charge is 2.48. The number of nitrogens with zero attached hydrogens (tertiary/aromatic N) is 3. The molecule has 0 radical (unpaired) electrons. The molecular weight excluding hydrogens is 602 g/mol. The van der Waals surface area contributed by atoms with E-state index in [1.54, 1.807) is 36.4 Å². The molecule has 44 heavy (non-hydrogen) atoms. The van der Waals surface area contributed by atoms with Gasteiger partial charge in [0.2, 0.25) is 5.13 Å². The highest BCUT2D eigenvalue weighted by atomic mass is 32.2. The van der Waals surface area contributed by atoms with Crippen LogP contribution in [0, 0.1) is 5.82 Å². The number of amides is 1. The average molecular weight is 626 g/mol. The van der Waals surface area contributed by atoms with Gasteiger partial charge in [0.15, 0.2) is 15.9 Å². The van der Waals surface area contributed by atoms with Gasteiger partial charge in [-0.2, -0.15) is 0 Å². The number of ketones is 1. The molecule has 0 spiro atoms. The summed E-state index contributed by atoms with van der Waals surface area (Å²) >= 11 is 2.61. The summed E-state index contributed by atoms with van der Waals surface area (Å²) in [6.07, 6.45) is 0. The number of para-hydroxylation sites is 1. The molecule has 0 aliphatic carbocycles. The average Bonchev–Trinajstić information content (AvgIpc) is 3.62. The van der Waals surface area contributed by atoms with Crippen LogP contribution in [0.3, 0.4) is 0 Å². The summed E-state index contributed by atoms with van der Waals surface area (Å²) in [4.78, 5) is 28.4. The summed E-state index contributed by atoms with van der Waals surface area (Å²) in [5.74, 6) is -1.44. The standard InChI is InChI=1S/C33H24FN3O5S2/c1-41-26-16-15-22(18-25(26)34)29(38)27-28(21-11-8-14-24(17-21)42-23-12-6-3-7-13-23)37(31(40)30(27)39)32-35-36-33(44-32)43-19-20-9-4-2-5-10-20/h2-18,28,38H,19H2,1H3. The number of aliphatic hydroxyl groups is 1. The number of halogens is 1. The smallest absolute Gasteiger partial charge is 0.301 e. The van der Waals surface area contributed by atoms with E-state index in [9.17, 15) is 19.1 Å². The van der Waals surface area contributed by atoms with Gasteiger partial charge in [0.05, 0.1) is 18.7 Å². The van der Waals surface area contributed by atoms with E-state index in [-0.39, 0.29) is 22.0 Å². The zero-order valence-corrected chi connectivity index (χ0v) is 24.8. The fraction of sp³-hybridized carbons (Fsp3) is 0.0909. The SMILES string of the molecule is COc1ccc(C(O)=C2C(=O)C(=O)N(c3nnc(SCc4ccccc4)s3)C2c2cccc(Oc3ccccc3)c2)cc1F. The topological polar surface area (TPSA) is 102 Å². The fourth-order valence-electron chi connectivity index (χ4n) is 4.76. The van der Waals surface area contributed by atoms with E-state index in [0.29, 0.717) is 27.2 Å². The van der Waals surface area contributed by atoms with E-state index in [4.69, 9.17) is 9.47 Å². The zero-order chi connectivity index (χ0) is 30.6. The molecule has 1 aliphatic heterocycles. The first-order valence-electron chi connectivity index (χ1n) is 13.4. The second-order valence-corrected chi connectivity index (χ2v) is 11.8. The van der Waals surface area contributed by atoms with Crippen LogP contribution in [-0.2, 0) is 15.3 Å². The molecular formula is C33H24FN3O5S2. The van der Waals surface area contributed by atoms with Gasteiger partial charge < -0.3 is 14.6 Å². The number of Topliss-reactive ketones (excluding diaryl/α,β-unsaturated/α-hetero) is 1. The lowest BCUT2D eigenvalue weighted by molar-refractivity contribution is -0.132. The largest absolute Gasteiger partial charge is 0.507 e. The lowest BCUT2D eigenvalue weighted by atomic mass is 9.95. The van der Waals surface area contributed by atoms with Crippen molar-refractivity contribution in [3.05, 3.63) is 131 Å². The third-order valence-corrected chi connectivity index (χ3v) is 8.96. The number of methoxy groups -OCH3 is 1. The van der Waals surface area contributed by atoms with Gasteiger partial charge in [-0.3, -0.25) is 14.5 Å². The minimum absolute atomic E-state index is 0.0133. The number of hydrogen-bond acceptors (Lipinski definition) is 9. The van der Waals surface area contributed by atoms with Crippen LogP contribution in [0.1, 0.15) is 22.7 Å². The van der Waals surface area contributed by atoms with Crippen LogP contribution < -0.4 is 14.4 Å². The van der Waals surface area contributed by atoms with E-state index in [2.05, 4.69) is 10.2 Å². The molecule has 6 rings (SSSR count). The van der Waals surface area contributed by atoms with Crippen LogP contribution >= 0.6 is 23.1 Å². The fourth-order valence-corrected chi connectivity index (χ4v) is 6.59. The Morgan fingerprint density at radius 3 is 2.39 bits per heavy atom. The molecule has 8 nitrogen and oxygen atoms in total. The summed E-state index contributed by atoms with van der Waals surface area (Å²) in [5, 5.41) is 20.1. The molecule has 1 aromatic heterocycles. The molecule has 1 atom stereocenters. The maximum Gasteiger partial charge on any atom is 0.301 e. The maximum atomic E-state index is 14.6. The molecule has 1 unspecified atom stereocenters. The predicted molar refractivity (Wildman–Crippen MR) is 167 cm³/mol. The van der Waals surface area contributed by atoms with Crippen molar-refractivity contribution in [1.29, 1.82) is 0 Å². The third kappa shape index (κ3) is 5.92. The Balaban J connectivity index is 1.42. The minimum Gasteiger partial charge on any atom is -0.507 e. The van der Waals surface area contributed by atoms with Crippen molar-refractivity contribution in [3.8, 4) is 17.2 Å². The first-order chi connectivity index (χ1) is 21.4. The van der Waals surface area contributed by atoms with E-state index < -0.39 is 29.3 Å². The van der Waals surface area contributed by atoms with E-state index in [0.717, 1.165) is 23.0 Å². The summed E-state index contributed by atoms with van der Waals surface area (Å²) in [7, 11) is 1.32. The van der Waals surface area contributed by atoms with Crippen molar-refractivity contribution in [2.24, 2.45) is 0 Å². The van der Waals surface area contributed by atoms with Gasteiger partial charge in [-0.1, -0.05) is 83.8 Å². The lowest BCUT2D eigenvalue weighted by Gasteiger charge is -2.23. The number of thioether (sulfide) groups is 1. The number of carbonyl (C=O) groups is 2. The Bertz CT molecular complexity index is 1860. The molecule has 2 heterocycles. The number of benzene rings is 4. The summed E-state index contributed by atoms with van der Waals surface area (Å²) in [6, 6.07) is 28.6. The number of hydrogen-bond donors (Lipinski definition) is 1. The molecule has 4 aromatic carbocycles. The zero-order valence-electron chi connectivity index (χ0n) is 23.2. The predicted octanol–water partition coefficient (Wildman–Crippen LogP) is 7.40. The lowest BCUT2D eigenvalue weighted by Crippen LogP contribution is -2.29. The van der Waals surface area contributed by atoms with Crippen LogP contribution in [0.15, 0.2) is 113 Å². The van der Waals surface area contributed by atoms with Gasteiger partial charge in [0.25, 0.3) is 5.78 Å². The highest BCUT2D eigenvalue weighted by molar-refractivity contribution is 8.00. The molecule has 1 fully saturated rings. The summed E-state index contributed by atoms with van der Waals surface area (Å²) in [5.41, 5.74) is 1.36. The number of carbonyl (C=O) groups excluding carboxylic acids is 2. The van der Waals surface area contributed by atoms with Gasteiger partial charge >= 0.3 is 5.91 Å². The number of ether oxygens (including phenoxy) is 2. The Morgan fingerprint density at radius 1 is 0.932 bits per heavy atom. The van der Waals surface area contributed by atoms with Crippen LogP contribution in [0.4, 0.5) is 9.52 Å². The van der Waals surface area contributed by atoms with Crippen LogP contribution in [-0.4, -0.2) is 34.1 Å². The van der Waals surface area contributed by atoms with Crippen molar-refractivity contribution < 1.29 is 28.6 Å². The second-order valence-electron chi connectivity index (χ2n) is 9.63. The second kappa shape index (κ2) is 12.7.